The Kier molecular flexibility index (Phi) is 10.2. The van der Waals surface area contributed by atoms with Gasteiger partial charge in [-0.05, 0) is 64.0 Å². The lowest BCUT2D eigenvalue weighted by Crippen LogP contribution is -2.47. The number of amides is 1. The highest BCUT2D eigenvalue weighted by molar-refractivity contribution is 7.09. The molecule has 0 aromatic carbocycles. The predicted molar refractivity (Wildman–Crippen MR) is 138 cm³/mol. The lowest BCUT2D eigenvalue weighted by atomic mass is 9.73. The number of carbonyl (C=O) groups is 2. The summed E-state index contributed by atoms with van der Waals surface area (Å²) in [6.07, 6.45) is 5.30. The molecule has 0 aliphatic carbocycles. The number of hydrogen-bond acceptors (Lipinski definition) is 6. The van der Waals surface area contributed by atoms with Gasteiger partial charge >= 0.3 is 0 Å². The summed E-state index contributed by atoms with van der Waals surface area (Å²) >= 11 is 1.58. The Balaban J connectivity index is 2.33. The van der Waals surface area contributed by atoms with E-state index in [1.165, 1.54) is 5.57 Å². The highest BCUT2D eigenvalue weighted by Gasteiger charge is 2.42. The molecule has 3 N–H and O–H groups in total. The maximum Gasteiger partial charge on any atom is 0.223 e. The van der Waals surface area contributed by atoms with Gasteiger partial charge in [0.25, 0.3) is 0 Å². The molecule has 0 radical (unpaired) electrons. The van der Waals surface area contributed by atoms with Crippen LogP contribution in [0.25, 0.3) is 6.08 Å². The molecule has 0 fully saturated rings. The average Bonchev–Trinajstić information content (AvgIpc) is 3.18. The Bertz CT molecular complexity index is 917. The fourth-order valence-corrected chi connectivity index (χ4v) is 5.09. The van der Waals surface area contributed by atoms with Crippen molar-refractivity contribution in [2.45, 2.75) is 98.8 Å². The Morgan fingerprint density at radius 1 is 1.24 bits per heavy atom. The van der Waals surface area contributed by atoms with E-state index < -0.39 is 23.5 Å². The van der Waals surface area contributed by atoms with E-state index in [-0.39, 0.29) is 30.1 Å². The maximum atomic E-state index is 13.2. The van der Waals surface area contributed by atoms with E-state index in [9.17, 15) is 19.8 Å². The SMILES string of the molecule is CC1=CCC(C(C)=Cc2csc(C)n2)NC(=O)CC(O)C(C)(C)C(=O)C(C)C(O)C(C)CCC1. The van der Waals surface area contributed by atoms with Crippen LogP contribution in [0.15, 0.2) is 22.6 Å². The first-order valence-electron chi connectivity index (χ1n) is 12.3. The van der Waals surface area contributed by atoms with Gasteiger partial charge in [-0.25, -0.2) is 4.98 Å². The van der Waals surface area contributed by atoms with Crippen LogP contribution in [0.4, 0.5) is 0 Å². The minimum atomic E-state index is -1.15. The molecule has 1 aromatic rings. The number of allylic oxidation sites excluding steroid dienone is 1. The number of thiazole rings is 1. The van der Waals surface area contributed by atoms with Crippen molar-refractivity contribution in [1.29, 1.82) is 0 Å². The van der Waals surface area contributed by atoms with Crippen LogP contribution in [0, 0.1) is 24.2 Å². The van der Waals surface area contributed by atoms with Gasteiger partial charge in [0, 0.05) is 11.3 Å². The third-order valence-corrected chi connectivity index (χ3v) is 7.98. The molecule has 1 amide bonds. The molecule has 7 heteroatoms. The van der Waals surface area contributed by atoms with Crippen molar-refractivity contribution in [2.24, 2.45) is 17.3 Å². The van der Waals surface area contributed by atoms with E-state index in [0.717, 1.165) is 35.5 Å². The summed E-state index contributed by atoms with van der Waals surface area (Å²) in [5.41, 5.74) is 1.94. The molecule has 0 saturated heterocycles. The van der Waals surface area contributed by atoms with Gasteiger partial charge in [0.05, 0.1) is 40.8 Å². The maximum absolute atomic E-state index is 13.2. The second-order valence-corrected chi connectivity index (χ2v) is 11.6. The number of Topliss-reactive ketones (excluding diaryl/α,β-unsaturated/α-hetero) is 1. The smallest absolute Gasteiger partial charge is 0.223 e. The van der Waals surface area contributed by atoms with Crippen molar-refractivity contribution in [3.05, 3.63) is 33.3 Å². The molecule has 0 spiro atoms. The molecular weight excluding hydrogens is 448 g/mol. The minimum absolute atomic E-state index is 0.0320. The van der Waals surface area contributed by atoms with E-state index in [2.05, 4.69) is 23.3 Å². The summed E-state index contributed by atoms with van der Waals surface area (Å²) < 4.78 is 0. The molecule has 2 heterocycles. The summed E-state index contributed by atoms with van der Waals surface area (Å²) in [7, 11) is 0. The van der Waals surface area contributed by atoms with E-state index in [1.807, 2.05) is 32.2 Å². The van der Waals surface area contributed by atoms with Gasteiger partial charge in [0.2, 0.25) is 5.91 Å². The quantitative estimate of drug-likeness (QED) is 0.515. The lowest BCUT2D eigenvalue weighted by Gasteiger charge is -2.34. The molecule has 1 aliphatic heterocycles. The first kappa shape index (κ1) is 28.4. The molecule has 2 rings (SSSR count). The van der Waals surface area contributed by atoms with Gasteiger partial charge in [-0.15, -0.1) is 11.3 Å². The summed E-state index contributed by atoms with van der Waals surface area (Å²) in [6, 6.07) is -0.233. The zero-order valence-corrected chi connectivity index (χ0v) is 22.5. The van der Waals surface area contributed by atoms with Gasteiger partial charge in [-0.3, -0.25) is 9.59 Å². The fraction of sp³-hybridized carbons (Fsp3) is 0.667. The number of ketones is 1. The molecule has 5 unspecified atom stereocenters. The third-order valence-electron chi connectivity index (χ3n) is 7.19. The Morgan fingerprint density at radius 3 is 2.53 bits per heavy atom. The normalized spacial score (nSPS) is 30.6. The van der Waals surface area contributed by atoms with Crippen molar-refractivity contribution in [3.8, 4) is 0 Å². The largest absolute Gasteiger partial charge is 0.392 e. The molecule has 1 aromatic heterocycles. The topological polar surface area (TPSA) is 99.5 Å². The van der Waals surface area contributed by atoms with Crippen LogP contribution < -0.4 is 5.32 Å². The molecule has 5 atom stereocenters. The van der Waals surface area contributed by atoms with Crippen LogP contribution in [-0.2, 0) is 9.59 Å². The second kappa shape index (κ2) is 12.2. The van der Waals surface area contributed by atoms with Crippen LogP contribution in [0.3, 0.4) is 0 Å². The molecule has 34 heavy (non-hydrogen) atoms. The number of nitrogens with one attached hydrogen (secondary N) is 1. The van der Waals surface area contributed by atoms with Gasteiger partial charge < -0.3 is 15.5 Å². The van der Waals surface area contributed by atoms with Crippen LogP contribution in [-0.4, -0.2) is 45.1 Å². The zero-order chi connectivity index (χ0) is 25.6. The second-order valence-electron chi connectivity index (χ2n) is 10.5. The average molecular weight is 491 g/mol. The van der Waals surface area contributed by atoms with Gasteiger partial charge in [-0.1, -0.05) is 39.3 Å². The molecule has 0 bridgehead atoms. The van der Waals surface area contributed by atoms with Gasteiger partial charge in [0.15, 0.2) is 0 Å². The first-order chi connectivity index (χ1) is 15.8. The molecule has 190 valence electrons. The Labute approximate surface area is 208 Å². The number of hydrogen-bond donors (Lipinski definition) is 3. The Morgan fingerprint density at radius 2 is 1.91 bits per heavy atom. The summed E-state index contributed by atoms with van der Waals surface area (Å²) in [5, 5.41) is 27.7. The highest BCUT2D eigenvalue weighted by atomic mass is 32.1. The minimum Gasteiger partial charge on any atom is -0.392 e. The van der Waals surface area contributed by atoms with E-state index >= 15 is 0 Å². The van der Waals surface area contributed by atoms with Crippen molar-refractivity contribution in [3.63, 3.8) is 0 Å². The van der Waals surface area contributed by atoms with Crippen molar-refractivity contribution < 1.29 is 19.8 Å². The Hall–Kier alpha value is -1.83. The van der Waals surface area contributed by atoms with E-state index in [1.54, 1.807) is 32.1 Å². The number of aliphatic hydroxyl groups is 2. The van der Waals surface area contributed by atoms with Gasteiger partial charge in [0.1, 0.15) is 5.78 Å². The predicted octanol–water partition coefficient (Wildman–Crippen LogP) is 4.84. The fourth-order valence-electron chi connectivity index (χ4n) is 4.52. The molecule has 1 aliphatic rings. The standard InChI is InChI=1S/C27H42N2O4S/c1-16-9-8-10-17(2)25(32)19(4)26(33)27(6,7)23(30)14-24(31)29-22(12-11-16)18(3)13-21-15-34-20(5)28-21/h11,13,15,17,19,22-23,25,30,32H,8-10,12,14H2,1-7H3,(H,29,31). The zero-order valence-electron chi connectivity index (χ0n) is 21.7. The monoisotopic (exact) mass is 490 g/mol. The van der Waals surface area contributed by atoms with E-state index in [0.29, 0.717) is 6.42 Å². The van der Waals surface area contributed by atoms with Crippen molar-refractivity contribution in [1.82, 2.24) is 10.3 Å². The van der Waals surface area contributed by atoms with Crippen molar-refractivity contribution in [2.75, 3.05) is 0 Å². The molecular formula is C27H42N2O4S. The van der Waals surface area contributed by atoms with Crippen LogP contribution in [0.5, 0.6) is 0 Å². The molecule has 0 saturated carbocycles. The number of aromatic nitrogens is 1. The highest BCUT2D eigenvalue weighted by Crippen LogP contribution is 2.32. The number of aryl methyl sites for hydroxylation is 1. The number of carbonyl (C=O) groups excluding carboxylic acids is 2. The first-order valence-corrected chi connectivity index (χ1v) is 13.2. The number of aliphatic hydroxyl groups excluding tert-OH is 2. The summed E-state index contributed by atoms with van der Waals surface area (Å²) in [4.78, 5) is 30.6. The summed E-state index contributed by atoms with van der Waals surface area (Å²) in [6.45, 7) is 13.0. The summed E-state index contributed by atoms with van der Waals surface area (Å²) in [5.74, 6) is -1.18. The van der Waals surface area contributed by atoms with Gasteiger partial charge in [-0.2, -0.15) is 0 Å². The lowest BCUT2D eigenvalue weighted by molar-refractivity contribution is -0.143. The van der Waals surface area contributed by atoms with Crippen LogP contribution in [0.2, 0.25) is 0 Å². The van der Waals surface area contributed by atoms with Crippen LogP contribution in [0.1, 0.15) is 84.3 Å². The third kappa shape index (κ3) is 7.59. The van der Waals surface area contributed by atoms with Crippen LogP contribution >= 0.6 is 11.3 Å². The number of nitrogens with zero attached hydrogens (tertiary/aromatic N) is 1. The number of rotatable bonds is 2. The molecule has 6 nitrogen and oxygen atoms in total. The van der Waals surface area contributed by atoms with E-state index in [4.69, 9.17) is 0 Å². The van der Waals surface area contributed by atoms with Crippen molar-refractivity contribution >= 4 is 29.1 Å².